The molecule has 126 valence electrons. The summed E-state index contributed by atoms with van der Waals surface area (Å²) in [7, 11) is 0. The van der Waals surface area contributed by atoms with E-state index < -0.39 is 0 Å². The van der Waals surface area contributed by atoms with Crippen LogP contribution < -0.4 is 4.90 Å². The Kier molecular flexibility index (Phi) is 4.38. The van der Waals surface area contributed by atoms with Crippen LogP contribution in [-0.2, 0) is 0 Å². The van der Waals surface area contributed by atoms with Crippen molar-refractivity contribution in [1.82, 2.24) is 0 Å². The Morgan fingerprint density at radius 1 is 0.960 bits per heavy atom. The second-order valence-electron chi connectivity index (χ2n) is 6.49. The first-order chi connectivity index (χ1) is 12.3. The van der Waals surface area contributed by atoms with E-state index in [1.807, 2.05) is 30.3 Å². The summed E-state index contributed by atoms with van der Waals surface area (Å²) in [6.45, 7) is 2.28. The zero-order valence-corrected chi connectivity index (χ0v) is 14.2. The number of ketones is 1. The maximum Gasteiger partial charge on any atom is 0.221 e. The van der Waals surface area contributed by atoms with Gasteiger partial charge in [0, 0.05) is 24.2 Å². The monoisotopic (exact) mass is 331 g/mol. The number of anilines is 1. The highest BCUT2D eigenvalue weighted by Crippen LogP contribution is 2.22. The van der Waals surface area contributed by atoms with Crippen LogP contribution in [0.3, 0.4) is 0 Å². The van der Waals surface area contributed by atoms with Crippen LogP contribution in [-0.4, -0.2) is 18.9 Å². The van der Waals surface area contributed by atoms with E-state index in [-0.39, 0.29) is 5.78 Å². The Bertz CT molecular complexity index is 866. The molecule has 0 N–H and O–H groups in total. The first-order valence-corrected chi connectivity index (χ1v) is 8.86. The molecular weight excluding hydrogens is 310 g/mol. The van der Waals surface area contributed by atoms with Crippen LogP contribution in [0.5, 0.6) is 0 Å². The fourth-order valence-corrected chi connectivity index (χ4v) is 3.31. The number of carbonyl (C=O) groups excluding carboxylic acids is 1. The number of hydrogen-bond donors (Lipinski definition) is 0. The molecular formula is C22H21NO2. The molecule has 3 heteroatoms. The van der Waals surface area contributed by atoms with Gasteiger partial charge in [-0.2, -0.15) is 0 Å². The zero-order chi connectivity index (χ0) is 17.1. The van der Waals surface area contributed by atoms with E-state index in [1.54, 1.807) is 12.1 Å². The Labute approximate surface area is 147 Å². The molecule has 0 spiro atoms. The number of hydrogen-bond acceptors (Lipinski definition) is 3. The van der Waals surface area contributed by atoms with Crippen LogP contribution in [0.15, 0.2) is 65.1 Å². The van der Waals surface area contributed by atoms with Gasteiger partial charge in [-0.15, -0.1) is 0 Å². The Hall–Kier alpha value is -2.81. The van der Waals surface area contributed by atoms with E-state index in [1.165, 1.54) is 24.9 Å². The Balaban J connectivity index is 1.46. The summed E-state index contributed by atoms with van der Waals surface area (Å²) in [5.41, 5.74) is 3.02. The van der Waals surface area contributed by atoms with Crippen molar-refractivity contribution in [1.29, 1.82) is 0 Å². The molecule has 0 saturated carbocycles. The predicted octanol–water partition coefficient (Wildman–Crippen LogP) is 5.32. The van der Waals surface area contributed by atoms with Gasteiger partial charge in [0.1, 0.15) is 5.58 Å². The molecule has 25 heavy (non-hydrogen) atoms. The van der Waals surface area contributed by atoms with Crippen molar-refractivity contribution >= 4 is 28.5 Å². The number of furan rings is 1. The maximum absolute atomic E-state index is 12.3. The van der Waals surface area contributed by atoms with Gasteiger partial charge in [-0.1, -0.05) is 36.4 Å². The molecule has 0 unspecified atom stereocenters. The molecule has 0 aliphatic carbocycles. The molecule has 0 atom stereocenters. The minimum Gasteiger partial charge on any atom is -0.453 e. The van der Waals surface area contributed by atoms with Gasteiger partial charge in [0.15, 0.2) is 5.76 Å². The predicted molar refractivity (Wildman–Crippen MR) is 102 cm³/mol. The molecule has 1 fully saturated rings. The quantitative estimate of drug-likeness (QED) is 0.479. The summed E-state index contributed by atoms with van der Waals surface area (Å²) >= 11 is 0. The number of fused-ring (bicyclic) bond motifs is 1. The van der Waals surface area contributed by atoms with Crippen LogP contribution in [0.1, 0.15) is 35.4 Å². The van der Waals surface area contributed by atoms with Crippen molar-refractivity contribution in [2.75, 3.05) is 18.0 Å². The normalized spacial score (nSPS) is 15.1. The Morgan fingerprint density at radius 3 is 2.48 bits per heavy atom. The smallest absolute Gasteiger partial charge is 0.221 e. The lowest BCUT2D eigenvalue weighted by Gasteiger charge is -2.28. The Morgan fingerprint density at radius 2 is 1.72 bits per heavy atom. The minimum atomic E-state index is -0.115. The summed E-state index contributed by atoms with van der Waals surface area (Å²) in [6, 6.07) is 17.8. The number of allylic oxidation sites excluding steroid dienone is 1. The van der Waals surface area contributed by atoms with Gasteiger partial charge in [-0.05, 0) is 55.2 Å². The number of benzene rings is 2. The highest BCUT2D eigenvalue weighted by molar-refractivity contribution is 6.06. The number of piperidine rings is 1. The van der Waals surface area contributed by atoms with Gasteiger partial charge in [0.05, 0.1) is 0 Å². The van der Waals surface area contributed by atoms with Crippen LogP contribution in [0.4, 0.5) is 5.69 Å². The van der Waals surface area contributed by atoms with Gasteiger partial charge in [0.2, 0.25) is 5.78 Å². The van der Waals surface area contributed by atoms with Crippen LogP contribution in [0.2, 0.25) is 0 Å². The van der Waals surface area contributed by atoms with Gasteiger partial charge in [-0.25, -0.2) is 0 Å². The summed E-state index contributed by atoms with van der Waals surface area (Å²) in [6.07, 6.45) is 7.30. The van der Waals surface area contributed by atoms with Crippen LogP contribution >= 0.6 is 0 Å². The number of para-hydroxylation sites is 1. The lowest BCUT2D eigenvalue weighted by Crippen LogP contribution is -2.29. The third-order valence-electron chi connectivity index (χ3n) is 4.71. The van der Waals surface area contributed by atoms with Gasteiger partial charge < -0.3 is 9.32 Å². The molecule has 3 aromatic rings. The molecule has 1 saturated heterocycles. The first kappa shape index (κ1) is 15.7. The molecule has 4 rings (SSSR count). The van der Waals surface area contributed by atoms with E-state index in [2.05, 4.69) is 29.2 Å². The highest BCUT2D eigenvalue weighted by atomic mass is 16.3. The van der Waals surface area contributed by atoms with Crippen molar-refractivity contribution < 1.29 is 9.21 Å². The molecule has 1 aliphatic rings. The second-order valence-corrected chi connectivity index (χ2v) is 6.49. The van der Waals surface area contributed by atoms with Crippen molar-refractivity contribution in [3.8, 4) is 0 Å². The summed E-state index contributed by atoms with van der Waals surface area (Å²) in [5, 5.41) is 0.949. The molecule has 3 nitrogen and oxygen atoms in total. The van der Waals surface area contributed by atoms with E-state index in [9.17, 15) is 4.79 Å². The maximum atomic E-state index is 12.3. The van der Waals surface area contributed by atoms with Crippen molar-refractivity contribution in [2.24, 2.45) is 0 Å². The van der Waals surface area contributed by atoms with Gasteiger partial charge >= 0.3 is 0 Å². The van der Waals surface area contributed by atoms with E-state index in [0.29, 0.717) is 5.76 Å². The molecule has 0 amide bonds. The highest BCUT2D eigenvalue weighted by Gasteiger charge is 2.11. The van der Waals surface area contributed by atoms with Crippen LogP contribution in [0, 0.1) is 0 Å². The van der Waals surface area contributed by atoms with Gasteiger partial charge in [-0.3, -0.25) is 4.79 Å². The van der Waals surface area contributed by atoms with E-state index >= 15 is 0 Å². The lowest BCUT2D eigenvalue weighted by atomic mass is 10.1. The molecule has 1 aliphatic heterocycles. The third-order valence-corrected chi connectivity index (χ3v) is 4.71. The minimum absolute atomic E-state index is 0.115. The molecule has 0 bridgehead atoms. The summed E-state index contributed by atoms with van der Waals surface area (Å²) in [5.74, 6) is 0.263. The number of carbonyl (C=O) groups is 1. The number of rotatable bonds is 4. The SMILES string of the molecule is O=C(/C=C/c1ccc(N2CCCCC2)cc1)c1cc2ccccc2o1. The standard InChI is InChI=1S/C22H21NO2/c24-20(22-16-18-6-2-3-7-21(18)25-22)13-10-17-8-11-19(12-9-17)23-14-4-1-5-15-23/h2-3,6-13,16H,1,4-5,14-15H2/b13-10+. The molecule has 2 heterocycles. The van der Waals surface area contributed by atoms with E-state index in [0.717, 1.165) is 29.6 Å². The van der Waals surface area contributed by atoms with Crippen LogP contribution in [0.25, 0.3) is 17.0 Å². The lowest BCUT2D eigenvalue weighted by molar-refractivity contribution is 0.102. The second kappa shape index (κ2) is 6.98. The topological polar surface area (TPSA) is 33.5 Å². The average molecular weight is 331 g/mol. The molecule has 1 aromatic heterocycles. The average Bonchev–Trinajstić information content (AvgIpc) is 3.11. The van der Waals surface area contributed by atoms with Crippen molar-refractivity contribution in [3.05, 3.63) is 72.0 Å². The summed E-state index contributed by atoms with van der Waals surface area (Å²) < 4.78 is 5.61. The molecule has 2 aromatic carbocycles. The zero-order valence-electron chi connectivity index (χ0n) is 14.2. The third kappa shape index (κ3) is 3.50. The number of nitrogens with zero attached hydrogens (tertiary/aromatic N) is 1. The largest absolute Gasteiger partial charge is 0.453 e. The fourth-order valence-electron chi connectivity index (χ4n) is 3.31. The van der Waals surface area contributed by atoms with Crippen molar-refractivity contribution in [2.45, 2.75) is 19.3 Å². The first-order valence-electron chi connectivity index (χ1n) is 8.86. The fraction of sp³-hybridized carbons (Fsp3) is 0.227. The van der Waals surface area contributed by atoms with E-state index in [4.69, 9.17) is 4.42 Å². The van der Waals surface area contributed by atoms with Crippen molar-refractivity contribution in [3.63, 3.8) is 0 Å². The summed E-state index contributed by atoms with van der Waals surface area (Å²) in [4.78, 5) is 14.7. The molecule has 0 radical (unpaired) electrons. The van der Waals surface area contributed by atoms with Gasteiger partial charge in [0.25, 0.3) is 0 Å².